The summed E-state index contributed by atoms with van der Waals surface area (Å²) in [7, 11) is 0. The van der Waals surface area contributed by atoms with Gasteiger partial charge in [-0.25, -0.2) is 13.8 Å². The van der Waals surface area contributed by atoms with Crippen LogP contribution in [-0.2, 0) is 18.5 Å². The van der Waals surface area contributed by atoms with Crippen molar-refractivity contribution in [3.63, 3.8) is 0 Å². The maximum absolute atomic E-state index is 12.6. The lowest BCUT2D eigenvalue weighted by molar-refractivity contribution is -0.140. The fourth-order valence-electron chi connectivity index (χ4n) is 1.36. The van der Waals surface area contributed by atoms with Gasteiger partial charge in [-0.05, 0) is 11.6 Å². The predicted octanol–water partition coefficient (Wildman–Crippen LogP) is 3.84. The number of hydrogen-bond donors (Lipinski definition) is 0. The summed E-state index contributed by atoms with van der Waals surface area (Å²) in [6.45, 7) is 0. The number of rotatable bonds is 3. The Morgan fingerprint density at radius 1 is 1.39 bits per heavy atom. The summed E-state index contributed by atoms with van der Waals surface area (Å²) in [5.41, 5.74) is -3.12. The number of alkyl halides is 6. The molecule has 0 bridgehead atoms. The summed E-state index contributed by atoms with van der Waals surface area (Å²) in [5.74, 6) is -0.338. The average molecular weight is 285 g/mol. The summed E-state index contributed by atoms with van der Waals surface area (Å²) < 4.78 is 62.8. The van der Waals surface area contributed by atoms with Crippen LogP contribution in [-0.4, -0.2) is 4.98 Å². The molecule has 8 heteroatoms. The van der Waals surface area contributed by atoms with E-state index in [0.29, 0.717) is 6.07 Å². The van der Waals surface area contributed by atoms with E-state index in [1.807, 2.05) is 0 Å². The van der Waals surface area contributed by atoms with Crippen LogP contribution in [0.5, 0.6) is 0 Å². The third kappa shape index (κ3) is 3.07. The summed E-state index contributed by atoms with van der Waals surface area (Å²) in [6, 6.07) is 2.14. The van der Waals surface area contributed by atoms with Gasteiger partial charge in [-0.3, -0.25) is 0 Å². The smallest absolute Gasteiger partial charge is 0.250 e. The molecular formula is C10H6ClF5N2. The van der Waals surface area contributed by atoms with Crippen LogP contribution in [0.4, 0.5) is 22.0 Å². The molecular weight excluding hydrogens is 279 g/mol. The number of nitrogens with zero attached hydrogens (tertiary/aromatic N) is 2. The molecule has 1 rings (SSSR count). The minimum absolute atomic E-state index is 0.0933. The third-order valence-corrected chi connectivity index (χ3v) is 2.38. The number of halogens is 6. The van der Waals surface area contributed by atoms with Gasteiger partial charge in [0, 0.05) is 0 Å². The summed E-state index contributed by atoms with van der Waals surface area (Å²) >= 11 is 5.41. The van der Waals surface area contributed by atoms with Crippen molar-refractivity contribution in [1.82, 2.24) is 4.98 Å². The van der Waals surface area contributed by atoms with Gasteiger partial charge < -0.3 is 0 Å². The molecule has 0 saturated heterocycles. The van der Waals surface area contributed by atoms with E-state index >= 15 is 0 Å². The first-order chi connectivity index (χ1) is 8.31. The number of pyridine rings is 1. The van der Waals surface area contributed by atoms with E-state index in [4.69, 9.17) is 16.9 Å². The van der Waals surface area contributed by atoms with Crippen LogP contribution in [0.3, 0.4) is 0 Å². The minimum atomic E-state index is -4.95. The Bertz CT molecular complexity index is 478. The molecule has 98 valence electrons. The highest BCUT2D eigenvalue weighted by atomic mass is 35.5. The van der Waals surface area contributed by atoms with E-state index in [1.54, 1.807) is 6.07 Å². The van der Waals surface area contributed by atoms with Crippen molar-refractivity contribution in [3.05, 3.63) is 28.6 Å². The molecule has 0 amide bonds. The van der Waals surface area contributed by atoms with Crippen LogP contribution in [0, 0.1) is 11.3 Å². The van der Waals surface area contributed by atoms with Crippen molar-refractivity contribution in [2.75, 3.05) is 0 Å². The van der Waals surface area contributed by atoms with Gasteiger partial charge in [0.1, 0.15) is 5.69 Å². The van der Waals surface area contributed by atoms with Crippen LogP contribution >= 0.6 is 11.6 Å². The molecule has 0 aliphatic rings. The molecule has 0 atom stereocenters. The normalized spacial score (nSPS) is 11.7. The number of nitriles is 1. The molecule has 0 aliphatic carbocycles. The van der Waals surface area contributed by atoms with E-state index < -0.39 is 23.9 Å². The van der Waals surface area contributed by atoms with Gasteiger partial charge in [0.15, 0.2) is 0 Å². The zero-order chi connectivity index (χ0) is 13.9. The van der Waals surface area contributed by atoms with Crippen molar-refractivity contribution in [1.29, 1.82) is 5.26 Å². The summed E-state index contributed by atoms with van der Waals surface area (Å²) in [6.07, 6.45) is -8.69. The van der Waals surface area contributed by atoms with Gasteiger partial charge in [-0.15, -0.1) is 11.6 Å². The molecule has 0 spiro atoms. The number of aromatic nitrogens is 1. The van der Waals surface area contributed by atoms with Gasteiger partial charge in [0.2, 0.25) is 0 Å². The summed E-state index contributed by atoms with van der Waals surface area (Å²) in [4.78, 5) is 3.22. The van der Waals surface area contributed by atoms with Crippen molar-refractivity contribution in [2.45, 2.75) is 24.9 Å². The SMILES string of the molecule is N#CCc1cc(C(F)(F)F)c(C(F)F)nc1CCl. The van der Waals surface area contributed by atoms with Gasteiger partial charge >= 0.3 is 6.18 Å². The largest absolute Gasteiger partial charge is 0.418 e. The van der Waals surface area contributed by atoms with E-state index in [0.717, 1.165) is 0 Å². The first kappa shape index (κ1) is 14.6. The lowest BCUT2D eigenvalue weighted by Gasteiger charge is -2.14. The standard InChI is InChI=1S/C10H6ClF5N2/c11-4-7-5(1-2-17)3-6(10(14,15)16)8(18-7)9(12)13/h3,9H,1,4H2. The quantitative estimate of drug-likeness (QED) is 0.624. The second-order valence-corrected chi connectivity index (χ2v) is 3.56. The molecule has 0 fully saturated rings. The average Bonchev–Trinajstić information content (AvgIpc) is 2.27. The first-order valence-corrected chi connectivity index (χ1v) is 5.15. The topological polar surface area (TPSA) is 36.7 Å². The van der Waals surface area contributed by atoms with E-state index in [-0.39, 0.29) is 23.6 Å². The Morgan fingerprint density at radius 3 is 2.39 bits per heavy atom. The Balaban J connectivity index is 3.48. The van der Waals surface area contributed by atoms with Crippen molar-refractivity contribution < 1.29 is 22.0 Å². The number of hydrogen-bond acceptors (Lipinski definition) is 2. The molecule has 0 aliphatic heterocycles. The lowest BCUT2D eigenvalue weighted by atomic mass is 10.1. The molecule has 0 radical (unpaired) electrons. The van der Waals surface area contributed by atoms with E-state index in [2.05, 4.69) is 4.98 Å². The fourth-order valence-corrected chi connectivity index (χ4v) is 1.59. The zero-order valence-electron chi connectivity index (χ0n) is 8.73. The first-order valence-electron chi connectivity index (χ1n) is 4.62. The van der Waals surface area contributed by atoms with Crippen molar-refractivity contribution >= 4 is 11.6 Å². The van der Waals surface area contributed by atoms with Crippen LogP contribution < -0.4 is 0 Å². The Labute approximate surface area is 104 Å². The maximum Gasteiger partial charge on any atom is 0.418 e. The molecule has 0 saturated carbocycles. The van der Waals surface area contributed by atoms with Gasteiger partial charge in [0.05, 0.1) is 29.6 Å². The Morgan fingerprint density at radius 2 is 2.00 bits per heavy atom. The van der Waals surface area contributed by atoms with Crippen molar-refractivity contribution in [2.24, 2.45) is 0 Å². The van der Waals surface area contributed by atoms with Crippen LogP contribution in [0.15, 0.2) is 6.07 Å². The van der Waals surface area contributed by atoms with E-state index in [1.165, 1.54) is 0 Å². The van der Waals surface area contributed by atoms with Crippen LogP contribution in [0.1, 0.15) is 28.9 Å². The molecule has 18 heavy (non-hydrogen) atoms. The zero-order valence-corrected chi connectivity index (χ0v) is 9.49. The summed E-state index contributed by atoms with van der Waals surface area (Å²) in [5, 5.41) is 8.46. The minimum Gasteiger partial charge on any atom is -0.250 e. The molecule has 0 N–H and O–H groups in total. The predicted molar refractivity (Wildman–Crippen MR) is 53.1 cm³/mol. The highest BCUT2D eigenvalue weighted by Gasteiger charge is 2.37. The van der Waals surface area contributed by atoms with Gasteiger partial charge in [-0.2, -0.15) is 18.4 Å². The monoisotopic (exact) mass is 284 g/mol. The highest BCUT2D eigenvalue weighted by Crippen LogP contribution is 2.36. The molecule has 1 aromatic rings. The Hall–Kier alpha value is -1.42. The van der Waals surface area contributed by atoms with Crippen LogP contribution in [0.25, 0.3) is 0 Å². The van der Waals surface area contributed by atoms with Gasteiger partial charge in [0.25, 0.3) is 6.43 Å². The molecule has 1 aromatic heterocycles. The Kier molecular flexibility index (Phi) is 4.46. The molecule has 0 aromatic carbocycles. The fraction of sp³-hybridized carbons (Fsp3) is 0.400. The maximum atomic E-state index is 12.6. The second-order valence-electron chi connectivity index (χ2n) is 3.29. The molecule has 1 heterocycles. The van der Waals surface area contributed by atoms with E-state index in [9.17, 15) is 22.0 Å². The second kappa shape index (κ2) is 5.48. The molecule has 2 nitrogen and oxygen atoms in total. The van der Waals surface area contributed by atoms with Crippen molar-refractivity contribution in [3.8, 4) is 6.07 Å². The third-order valence-electron chi connectivity index (χ3n) is 2.13. The van der Waals surface area contributed by atoms with Crippen LogP contribution in [0.2, 0.25) is 0 Å². The lowest BCUT2D eigenvalue weighted by Crippen LogP contribution is -2.14. The molecule has 0 unspecified atom stereocenters. The highest BCUT2D eigenvalue weighted by molar-refractivity contribution is 6.17. The van der Waals surface area contributed by atoms with Gasteiger partial charge in [-0.1, -0.05) is 0 Å².